The minimum absolute atomic E-state index is 0.0336. The van der Waals surface area contributed by atoms with Crippen LogP contribution in [0.2, 0.25) is 0 Å². The first-order valence-corrected chi connectivity index (χ1v) is 10.3. The molecule has 1 fully saturated rings. The summed E-state index contributed by atoms with van der Waals surface area (Å²) >= 11 is 0. The topological polar surface area (TPSA) is 96.2 Å². The van der Waals surface area contributed by atoms with E-state index in [1.165, 1.54) is 32.1 Å². The lowest BCUT2D eigenvalue weighted by atomic mass is 10.0. The maximum Gasteiger partial charge on any atom is 0.303 e. The van der Waals surface area contributed by atoms with E-state index < -0.39 is 24.5 Å². The highest BCUT2D eigenvalue weighted by Crippen LogP contribution is 2.23. The molecule has 1 aliphatic rings. The molecule has 1 rings (SSSR count). The van der Waals surface area contributed by atoms with E-state index in [-0.39, 0.29) is 12.2 Å². The van der Waals surface area contributed by atoms with Gasteiger partial charge in [-0.15, -0.1) is 0 Å². The lowest BCUT2D eigenvalue weighted by Gasteiger charge is -2.36. The lowest BCUT2D eigenvalue weighted by molar-refractivity contribution is -0.273. The predicted octanol–water partition coefficient (Wildman–Crippen LogP) is 3.62. The number of aliphatic hydroxyl groups is 2. The molecular weight excluding hydrogens is 336 g/mol. The molecule has 0 aromatic rings. The van der Waals surface area contributed by atoms with Crippen molar-refractivity contribution in [1.29, 1.82) is 0 Å². The number of carbonyl (C=O) groups is 1. The molecule has 0 aliphatic carbocycles. The second-order valence-corrected chi connectivity index (χ2v) is 7.64. The van der Waals surface area contributed by atoms with Gasteiger partial charge >= 0.3 is 5.97 Å². The van der Waals surface area contributed by atoms with E-state index in [0.717, 1.165) is 32.1 Å². The Morgan fingerprint density at radius 1 is 1.00 bits per heavy atom. The van der Waals surface area contributed by atoms with Gasteiger partial charge in [-0.1, -0.05) is 51.4 Å². The van der Waals surface area contributed by atoms with Crippen LogP contribution >= 0.6 is 0 Å². The van der Waals surface area contributed by atoms with E-state index in [4.69, 9.17) is 14.6 Å². The molecule has 5 unspecified atom stereocenters. The fourth-order valence-electron chi connectivity index (χ4n) is 3.31. The van der Waals surface area contributed by atoms with Gasteiger partial charge < -0.3 is 24.8 Å². The summed E-state index contributed by atoms with van der Waals surface area (Å²) < 4.78 is 11.3. The maximum atomic E-state index is 10.4. The Labute approximate surface area is 157 Å². The Hall–Kier alpha value is -0.690. The number of hydrogen-bond donors (Lipinski definition) is 3. The van der Waals surface area contributed by atoms with Crippen LogP contribution in [0.3, 0.4) is 0 Å². The zero-order valence-corrected chi connectivity index (χ0v) is 16.4. The minimum atomic E-state index is -0.765. The van der Waals surface area contributed by atoms with Crippen LogP contribution in [0.5, 0.6) is 0 Å². The molecule has 0 spiro atoms. The molecule has 0 aromatic carbocycles. The van der Waals surface area contributed by atoms with Crippen molar-refractivity contribution < 1.29 is 29.6 Å². The van der Waals surface area contributed by atoms with Gasteiger partial charge in [0, 0.05) is 12.8 Å². The van der Waals surface area contributed by atoms with Crippen LogP contribution in [-0.2, 0) is 14.3 Å². The third-order valence-electron chi connectivity index (χ3n) is 5.06. The molecule has 154 valence electrons. The van der Waals surface area contributed by atoms with Crippen LogP contribution in [0.25, 0.3) is 0 Å². The molecule has 1 heterocycles. The average Bonchev–Trinajstić information content (AvgIpc) is 2.57. The number of aliphatic hydroxyl groups excluding tert-OH is 2. The zero-order chi connectivity index (χ0) is 19.4. The molecule has 0 aromatic heterocycles. The number of aliphatic carboxylic acids is 1. The molecule has 3 N–H and O–H groups in total. The van der Waals surface area contributed by atoms with Gasteiger partial charge in [-0.25, -0.2) is 0 Å². The van der Waals surface area contributed by atoms with Crippen molar-refractivity contribution in [3.8, 4) is 0 Å². The molecular formula is C20H38O6. The highest BCUT2D eigenvalue weighted by Gasteiger charge is 2.35. The van der Waals surface area contributed by atoms with Crippen LogP contribution in [0.4, 0.5) is 0 Å². The van der Waals surface area contributed by atoms with E-state index in [1.807, 2.05) is 6.92 Å². The van der Waals surface area contributed by atoms with E-state index in [2.05, 4.69) is 0 Å². The minimum Gasteiger partial charge on any atom is -0.481 e. The quantitative estimate of drug-likeness (QED) is 0.402. The highest BCUT2D eigenvalue weighted by atomic mass is 16.7. The van der Waals surface area contributed by atoms with E-state index >= 15 is 0 Å². The molecule has 0 radical (unpaired) electrons. The van der Waals surface area contributed by atoms with Gasteiger partial charge in [0.2, 0.25) is 0 Å². The summed E-state index contributed by atoms with van der Waals surface area (Å²) in [7, 11) is 0. The second-order valence-electron chi connectivity index (χ2n) is 7.64. The second kappa shape index (κ2) is 13.5. The van der Waals surface area contributed by atoms with Crippen molar-refractivity contribution in [3.05, 3.63) is 0 Å². The molecule has 0 amide bonds. The number of carboxylic acids is 1. The Morgan fingerprint density at radius 3 is 2.12 bits per heavy atom. The van der Waals surface area contributed by atoms with Crippen molar-refractivity contribution >= 4 is 5.97 Å². The maximum absolute atomic E-state index is 10.4. The number of unbranched alkanes of at least 4 members (excludes halogenated alkanes) is 8. The van der Waals surface area contributed by atoms with Gasteiger partial charge in [0.25, 0.3) is 0 Å². The van der Waals surface area contributed by atoms with Gasteiger partial charge in [-0.05, 0) is 26.7 Å². The summed E-state index contributed by atoms with van der Waals surface area (Å²) in [5.41, 5.74) is 0. The first-order valence-electron chi connectivity index (χ1n) is 10.3. The average molecular weight is 375 g/mol. The first kappa shape index (κ1) is 23.3. The zero-order valence-electron chi connectivity index (χ0n) is 16.4. The monoisotopic (exact) mass is 374 g/mol. The van der Waals surface area contributed by atoms with Crippen molar-refractivity contribution in [3.63, 3.8) is 0 Å². The van der Waals surface area contributed by atoms with Gasteiger partial charge in [0.1, 0.15) is 6.10 Å². The summed E-state index contributed by atoms with van der Waals surface area (Å²) in [6, 6.07) is 0. The number of ether oxygens (including phenoxy) is 2. The van der Waals surface area contributed by atoms with E-state index in [9.17, 15) is 15.0 Å². The van der Waals surface area contributed by atoms with Crippen molar-refractivity contribution in [2.75, 3.05) is 0 Å². The standard InChI is InChI=1S/C20H38O6/c1-15(25-20-18(22)14-17(21)16(2)26-20)12-10-8-6-4-3-5-7-9-11-13-19(23)24/h15-18,20-22H,3-14H2,1-2H3,(H,23,24). The SMILES string of the molecule is CC(CCCCCCCCCCCC(=O)O)OC1OC(C)C(O)CC1O. The van der Waals surface area contributed by atoms with Gasteiger partial charge in [-0.3, -0.25) is 4.79 Å². The smallest absolute Gasteiger partial charge is 0.303 e. The van der Waals surface area contributed by atoms with Crippen LogP contribution in [0.15, 0.2) is 0 Å². The molecule has 6 nitrogen and oxygen atoms in total. The summed E-state index contributed by atoms with van der Waals surface area (Å²) in [5.74, 6) is -0.695. The summed E-state index contributed by atoms with van der Waals surface area (Å²) in [6.07, 6.45) is 9.33. The molecule has 5 atom stereocenters. The van der Waals surface area contributed by atoms with E-state index in [0.29, 0.717) is 12.8 Å². The largest absolute Gasteiger partial charge is 0.481 e. The lowest BCUT2D eigenvalue weighted by Crippen LogP contribution is -2.48. The number of hydrogen-bond acceptors (Lipinski definition) is 5. The molecule has 0 saturated carbocycles. The molecule has 6 heteroatoms. The first-order chi connectivity index (χ1) is 12.4. The number of rotatable bonds is 14. The van der Waals surface area contributed by atoms with Crippen molar-refractivity contribution in [2.45, 2.75) is 122 Å². The molecule has 1 saturated heterocycles. The molecule has 0 bridgehead atoms. The normalized spacial score (nSPS) is 27.4. The van der Waals surface area contributed by atoms with Gasteiger partial charge in [0.05, 0.1) is 18.3 Å². The van der Waals surface area contributed by atoms with Crippen LogP contribution in [-0.4, -0.2) is 52.0 Å². The summed E-state index contributed by atoms with van der Waals surface area (Å²) in [4.78, 5) is 10.4. The van der Waals surface area contributed by atoms with E-state index in [1.54, 1.807) is 6.92 Å². The molecule has 1 aliphatic heterocycles. The van der Waals surface area contributed by atoms with Gasteiger partial charge in [0.15, 0.2) is 6.29 Å². The van der Waals surface area contributed by atoms with Crippen LogP contribution < -0.4 is 0 Å². The Kier molecular flexibility index (Phi) is 12.1. The molecule has 26 heavy (non-hydrogen) atoms. The summed E-state index contributed by atoms with van der Waals surface area (Å²) in [6.45, 7) is 3.80. The number of carboxylic acid groups (broad SMARTS) is 1. The third kappa shape index (κ3) is 10.5. The Morgan fingerprint density at radius 2 is 1.54 bits per heavy atom. The van der Waals surface area contributed by atoms with Crippen LogP contribution in [0, 0.1) is 0 Å². The Balaban J connectivity index is 1.93. The van der Waals surface area contributed by atoms with Crippen LogP contribution in [0.1, 0.15) is 90.9 Å². The third-order valence-corrected chi connectivity index (χ3v) is 5.06. The van der Waals surface area contributed by atoms with Gasteiger partial charge in [-0.2, -0.15) is 0 Å². The predicted molar refractivity (Wildman–Crippen MR) is 99.9 cm³/mol. The Bertz CT molecular complexity index is 375. The highest BCUT2D eigenvalue weighted by molar-refractivity contribution is 5.66. The fourth-order valence-corrected chi connectivity index (χ4v) is 3.31. The summed E-state index contributed by atoms with van der Waals surface area (Å²) in [5, 5.41) is 28.2. The van der Waals surface area contributed by atoms with Crippen molar-refractivity contribution in [2.24, 2.45) is 0 Å². The van der Waals surface area contributed by atoms with Crippen molar-refractivity contribution in [1.82, 2.24) is 0 Å². The fraction of sp³-hybridized carbons (Fsp3) is 0.950.